The first kappa shape index (κ1) is 15.5. The molecule has 1 aromatic carbocycles. The van der Waals surface area contributed by atoms with Crippen molar-refractivity contribution in [1.29, 1.82) is 0 Å². The van der Waals surface area contributed by atoms with E-state index in [2.05, 4.69) is 4.52 Å². The number of phenols is 1. The molecule has 0 radical (unpaired) electrons. The van der Waals surface area contributed by atoms with E-state index in [1.165, 1.54) is 13.0 Å². The summed E-state index contributed by atoms with van der Waals surface area (Å²) >= 11 is 0. The van der Waals surface area contributed by atoms with E-state index in [0.717, 1.165) is 12.1 Å². The fourth-order valence-corrected chi connectivity index (χ4v) is 1.79. The molecular formula is C10H14NO7P. The number of phosphoric acid groups is 1. The molecule has 0 heterocycles. The molecule has 9 heteroatoms. The van der Waals surface area contributed by atoms with Crippen molar-refractivity contribution in [3.05, 3.63) is 23.8 Å². The van der Waals surface area contributed by atoms with E-state index in [4.69, 9.17) is 20.6 Å². The van der Waals surface area contributed by atoms with E-state index < -0.39 is 30.8 Å². The van der Waals surface area contributed by atoms with Crippen LogP contribution >= 0.6 is 7.82 Å². The lowest BCUT2D eigenvalue weighted by Crippen LogP contribution is -2.46. The number of rotatable bonds is 5. The summed E-state index contributed by atoms with van der Waals surface area (Å²) < 4.78 is 14.9. The van der Waals surface area contributed by atoms with Crippen LogP contribution in [0.3, 0.4) is 0 Å². The van der Waals surface area contributed by atoms with Gasteiger partial charge in [0.25, 0.3) is 0 Å². The lowest BCUT2D eigenvalue weighted by Gasteiger charge is -2.19. The van der Waals surface area contributed by atoms with Gasteiger partial charge in [-0.2, -0.15) is 0 Å². The first-order valence-corrected chi connectivity index (χ1v) is 6.63. The van der Waals surface area contributed by atoms with Gasteiger partial charge in [-0.25, -0.2) is 4.57 Å². The number of phenolic OH excluding ortho intramolecular Hbond substituents is 1. The number of nitrogens with two attached hydrogens (primary N) is 1. The molecular weight excluding hydrogens is 277 g/mol. The van der Waals surface area contributed by atoms with E-state index in [1.807, 2.05) is 0 Å². The van der Waals surface area contributed by atoms with Gasteiger partial charge < -0.3 is 20.5 Å². The van der Waals surface area contributed by atoms with Crippen molar-refractivity contribution < 1.29 is 33.9 Å². The van der Waals surface area contributed by atoms with Crippen LogP contribution in [0.2, 0.25) is 0 Å². The van der Waals surface area contributed by atoms with Gasteiger partial charge in [-0.15, -0.1) is 0 Å². The lowest BCUT2D eigenvalue weighted by molar-refractivity contribution is -0.142. The van der Waals surface area contributed by atoms with Gasteiger partial charge in [-0.05, 0) is 24.6 Å². The Hall–Kier alpha value is -1.60. The van der Waals surface area contributed by atoms with E-state index in [9.17, 15) is 14.5 Å². The Bertz CT molecular complexity index is 537. The van der Waals surface area contributed by atoms with Crippen LogP contribution in [0.15, 0.2) is 18.2 Å². The third-order valence-corrected chi connectivity index (χ3v) is 2.74. The summed E-state index contributed by atoms with van der Waals surface area (Å²) in [6.07, 6.45) is -0.0634. The molecule has 0 saturated heterocycles. The fraction of sp³-hybridized carbons (Fsp3) is 0.300. The van der Waals surface area contributed by atoms with Crippen molar-refractivity contribution in [1.82, 2.24) is 0 Å². The molecule has 0 bridgehead atoms. The topological polar surface area (TPSA) is 150 Å². The molecule has 0 aliphatic heterocycles. The first-order chi connectivity index (χ1) is 8.51. The van der Waals surface area contributed by atoms with E-state index in [1.54, 1.807) is 0 Å². The minimum atomic E-state index is -4.77. The normalized spacial score (nSPS) is 14.7. The van der Waals surface area contributed by atoms with Crippen molar-refractivity contribution in [2.45, 2.75) is 18.9 Å². The second-order valence-corrected chi connectivity index (χ2v) is 5.45. The number of aromatic hydroxyl groups is 1. The summed E-state index contributed by atoms with van der Waals surface area (Å²) in [5, 5.41) is 18.4. The molecule has 0 unspecified atom stereocenters. The number of carboxylic acids is 1. The van der Waals surface area contributed by atoms with Gasteiger partial charge in [0, 0.05) is 6.42 Å². The van der Waals surface area contributed by atoms with Crippen LogP contribution in [-0.4, -0.2) is 31.5 Å². The average molecular weight is 291 g/mol. The van der Waals surface area contributed by atoms with Gasteiger partial charge in [0.05, 0.1) is 0 Å². The first-order valence-electron chi connectivity index (χ1n) is 5.10. The maximum absolute atomic E-state index is 10.8. The van der Waals surface area contributed by atoms with Gasteiger partial charge in [0.1, 0.15) is 5.54 Å². The molecule has 1 rings (SSSR count). The lowest BCUT2D eigenvalue weighted by atomic mass is 9.94. The Morgan fingerprint density at radius 1 is 1.47 bits per heavy atom. The fourth-order valence-electron chi connectivity index (χ4n) is 1.38. The molecule has 0 fully saturated rings. The van der Waals surface area contributed by atoms with Crippen molar-refractivity contribution >= 4 is 13.8 Å². The van der Waals surface area contributed by atoms with Crippen LogP contribution in [0.1, 0.15) is 12.5 Å². The number of phosphoric ester groups is 1. The maximum Gasteiger partial charge on any atom is 0.524 e. The third kappa shape index (κ3) is 4.53. The number of carboxylic acid groups (broad SMARTS) is 1. The number of hydrogen-bond donors (Lipinski definition) is 5. The molecule has 0 saturated carbocycles. The summed E-state index contributed by atoms with van der Waals surface area (Å²) in [7, 11) is -4.77. The highest BCUT2D eigenvalue weighted by Gasteiger charge is 2.28. The zero-order valence-electron chi connectivity index (χ0n) is 9.98. The zero-order valence-corrected chi connectivity index (χ0v) is 10.9. The Morgan fingerprint density at radius 3 is 2.47 bits per heavy atom. The number of carbonyl (C=O) groups is 1. The summed E-state index contributed by atoms with van der Waals surface area (Å²) in [5.74, 6) is -2.12. The van der Waals surface area contributed by atoms with Crippen LogP contribution in [0, 0.1) is 0 Å². The van der Waals surface area contributed by atoms with Crippen molar-refractivity contribution in [3.8, 4) is 11.5 Å². The third-order valence-electron chi connectivity index (χ3n) is 2.30. The quantitative estimate of drug-likeness (QED) is 0.483. The van der Waals surface area contributed by atoms with Crippen LogP contribution in [0.5, 0.6) is 11.5 Å². The molecule has 0 aromatic heterocycles. The monoisotopic (exact) mass is 291 g/mol. The average Bonchev–Trinajstić information content (AvgIpc) is 2.19. The van der Waals surface area contributed by atoms with Crippen molar-refractivity contribution in [2.75, 3.05) is 0 Å². The Morgan fingerprint density at radius 2 is 2.05 bits per heavy atom. The van der Waals surface area contributed by atoms with Gasteiger partial charge in [-0.3, -0.25) is 14.6 Å². The maximum atomic E-state index is 10.8. The Kier molecular flexibility index (Phi) is 4.21. The largest absolute Gasteiger partial charge is 0.524 e. The minimum absolute atomic E-state index is 0.0634. The van der Waals surface area contributed by atoms with E-state index >= 15 is 0 Å². The van der Waals surface area contributed by atoms with Gasteiger partial charge in [0.2, 0.25) is 0 Å². The highest BCUT2D eigenvalue weighted by atomic mass is 31.2. The van der Waals surface area contributed by atoms with Gasteiger partial charge in [-0.1, -0.05) is 6.07 Å². The molecule has 0 amide bonds. The van der Waals surface area contributed by atoms with Crippen molar-refractivity contribution in [3.63, 3.8) is 0 Å². The van der Waals surface area contributed by atoms with Crippen LogP contribution in [0.25, 0.3) is 0 Å². The van der Waals surface area contributed by atoms with Gasteiger partial charge in [0.15, 0.2) is 11.5 Å². The summed E-state index contributed by atoms with van der Waals surface area (Å²) in [6.45, 7) is 1.31. The summed E-state index contributed by atoms with van der Waals surface area (Å²) in [5.41, 5.74) is 4.42. The molecule has 0 aliphatic rings. The Balaban J connectivity index is 2.95. The minimum Gasteiger partial charge on any atom is -0.504 e. The number of hydrogen-bond acceptors (Lipinski definition) is 5. The zero-order chi connectivity index (χ0) is 14.8. The number of aliphatic carboxylic acids is 1. The molecule has 0 aliphatic carbocycles. The van der Waals surface area contributed by atoms with Crippen LogP contribution in [-0.2, 0) is 15.8 Å². The molecule has 1 aromatic rings. The molecule has 8 nitrogen and oxygen atoms in total. The highest BCUT2D eigenvalue weighted by molar-refractivity contribution is 7.46. The number of benzene rings is 1. The summed E-state index contributed by atoms with van der Waals surface area (Å²) in [4.78, 5) is 28.1. The smallest absolute Gasteiger partial charge is 0.504 e. The van der Waals surface area contributed by atoms with Crippen LogP contribution in [0.4, 0.5) is 0 Å². The second kappa shape index (κ2) is 5.18. The Labute approximate surface area is 108 Å². The highest BCUT2D eigenvalue weighted by Crippen LogP contribution is 2.41. The predicted molar refractivity (Wildman–Crippen MR) is 64.7 cm³/mol. The molecule has 106 valence electrons. The van der Waals surface area contributed by atoms with Crippen molar-refractivity contribution in [2.24, 2.45) is 5.73 Å². The molecule has 1 atom stereocenters. The standard InChI is InChI=1S/C10H14NO7P/c1-10(11,9(13)14)5-6-2-3-8(7(12)4-6)18-19(15,16)17/h2-4,12H,5,11H2,1H3,(H,13,14)(H2,15,16,17)/t10-/m0/s1. The summed E-state index contributed by atoms with van der Waals surface area (Å²) in [6, 6.07) is 3.62. The van der Waals surface area contributed by atoms with E-state index in [0.29, 0.717) is 5.56 Å². The molecule has 0 spiro atoms. The van der Waals surface area contributed by atoms with Gasteiger partial charge >= 0.3 is 13.8 Å². The van der Waals surface area contributed by atoms with Crippen LogP contribution < -0.4 is 10.3 Å². The SMILES string of the molecule is C[C@](N)(Cc1ccc(OP(=O)(O)O)c(O)c1)C(=O)O. The predicted octanol–water partition coefficient (Wildman–Crippen LogP) is 0.208. The molecule has 19 heavy (non-hydrogen) atoms. The second-order valence-electron chi connectivity index (χ2n) is 4.28. The molecule has 6 N–H and O–H groups in total. The van der Waals surface area contributed by atoms with E-state index in [-0.39, 0.29) is 6.42 Å².